The molecule has 1 aliphatic rings. The van der Waals surface area contributed by atoms with Crippen LogP contribution in [0.4, 0.5) is 0 Å². The maximum atomic E-state index is 11.5. The predicted octanol–water partition coefficient (Wildman–Crippen LogP) is 3.13. The Morgan fingerprint density at radius 3 is 2.33 bits per heavy atom. The van der Waals surface area contributed by atoms with Gasteiger partial charge in [0.05, 0.1) is 5.60 Å². The highest BCUT2D eigenvalue weighted by Crippen LogP contribution is 2.50. The van der Waals surface area contributed by atoms with Crippen molar-refractivity contribution in [2.75, 3.05) is 0 Å². The predicted molar refractivity (Wildman–Crippen MR) is 68.9 cm³/mol. The van der Waals surface area contributed by atoms with Gasteiger partial charge in [-0.15, -0.1) is 0 Å². The minimum atomic E-state index is -1.29. The molecule has 0 bridgehead atoms. The number of benzene rings is 1. The number of nitrogens with zero attached hydrogens (tertiary/aromatic N) is 1. The van der Waals surface area contributed by atoms with Gasteiger partial charge in [0, 0.05) is 17.4 Å². The normalized spacial score (nSPS) is 30.4. The molecular formula is C14H17NO3. The summed E-state index contributed by atoms with van der Waals surface area (Å²) in [4.78, 5) is 11.2. The molecule has 2 rings (SSSR count). The zero-order valence-corrected chi connectivity index (χ0v) is 10.8. The van der Waals surface area contributed by atoms with E-state index >= 15 is 0 Å². The molecule has 1 aromatic carbocycles. The first-order chi connectivity index (χ1) is 8.30. The Morgan fingerprint density at radius 1 is 1.28 bits per heavy atom. The largest absolute Gasteiger partial charge is 0.355 e. The van der Waals surface area contributed by atoms with Gasteiger partial charge in [0.25, 0.3) is 5.54 Å². The molecule has 1 fully saturated rings. The first kappa shape index (κ1) is 12.8. The summed E-state index contributed by atoms with van der Waals surface area (Å²) in [6.45, 7) is 9.11. The van der Waals surface area contributed by atoms with Crippen LogP contribution in [0.15, 0.2) is 42.5 Å². The van der Waals surface area contributed by atoms with Crippen molar-refractivity contribution >= 4 is 0 Å². The quantitative estimate of drug-likeness (QED) is 0.458. The number of hydrogen-bond donors (Lipinski definition) is 0. The van der Waals surface area contributed by atoms with Crippen LogP contribution in [0.25, 0.3) is 0 Å². The van der Waals surface area contributed by atoms with Crippen molar-refractivity contribution in [1.29, 1.82) is 0 Å². The average Bonchev–Trinajstić information content (AvgIpc) is 2.52. The van der Waals surface area contributed by atoms with Crippen molar-refractivity contribution in [1.82, 2.24) is 0 Å². The molecule has 1 saturated heterocycles. The second-order valence-corrected chi connectivity index (χ2v) is 5.30. The Hall–Kier alpha value is -1.68. The lowest BCUT2D eigenvalue weighted by Gasteiger charge is -2.22. The molecule has 2 unspecified atom stereocenters. The highest BCUT2D eigenvalue weighted by atomic mass is 16.6. The topological polar surface area (TPSA) is 52.4 Å². The fourth-order valence-corrected chi connectivity index (χ4v) is 2.47. The molecule has 1 aliphatic heterocycles. The van der Waals surface area contributed by atoms with Crippen LogP contribution >= 0.6 is 0 Å². The number of ether oxygens (including phenoxy) is 1. The zero-order chi connectivity index (χ0) is 13.6. The van der Waals surface area contributed by atoms with Crippen LogP contribution in [-0.2, 0) is 4.74 Å². The van der Waals surface area contributed by atoms with Crippen LogP contribution in [0.5, 0.6) is 0 Å². The van der Waals surface area contributed by atoms with Crippen molar-refractivity contribution in [3.63, 3.8) is 0 Å². The van der Waals surface area contributed by atoms with Crippen molar-refractivity contribution < 1.29 is 9.66 Å². The molecule has 4 heteroatoms. The summed E-state index contributed by atoms with van der Waals surface area (Å²) in [7, 11) is 0. The highest BCUT2D eigenvalue weighted by Gasteiger charge is 2.61. The van der Waals surface area contributed by atoms with Crippen molar-refractivity contribution in [3.8, 4) is 0 Å². The third-order valence-electron chi connectivity index (χ3n) is 3.74. The van der Waals surface area contributed by atoms with Gasteiger partial charge in [-0.05, 0) is 19.4 Å². The molecule has 0 N–H and O–H groups in total. The first-order valence-corrected chi connectivity index (χ1v) is 5.87. The SMILES string of the molecule is C=C1C(C)(C)OC(c2ccccc2)C1(C)[N+](=O)[O-]. The monoisotopic (exact) mass is 247 g/mol. The summed E-state index contributed by atoms with van der Waals surface area (Å²) in [6, 6.07) is 9.28. The summed E-state index contributed by atoms with van der Waals surface area (Å²) in [5.41, 5.74) is -0.662. The fourth-order valence-electron chi connectivity index (χ4n) is 2.47. The molecule has 96 valence electrons. The van der Waals surface area contributed by atoms with E-state index in [-0.39, 0.29) is 4.92 Å². The third kappa shape index (κ3) is 1.64. The third-order valence-corrected chi connectivity index (χ3v) is 3.74. The Morgan fingerprint density at radius 2 is 1.83 bits per heavy atom. The van der Waals surface area contributed by atoms with Gasteiger partial charge in [-0.3, -0.25) is 10.1 Å². The van der Waals surface area contributed by atoms with E-state index in [0.717, 1.165) is 5.56 Å². The molecule has 2 atom stereocenters. The van der Waals surface area contributed by atoms with Crippen LogP contribution in [0.3, 0.4) is 0 Å². The molecular weight excluding hydrogens is 230 g/mol. The summed E-state index contributed by atoms with van der Waals surface area (Å²) < 4.78 is 5.88. The molecule has 1 heterocycles. The Labute approximate surface area is 106 Å². The van der Waals surface area contributed by atoms with Gasteiger partial charge in [0.1, 0.15) is 0 Å². The summed E-state index contributed by atoms with van der Waals surface area (Å²) >= 11 is 0. The maximum absolute atomic E-state index is 11.5. The molecule has 0 saturated carbocycles. The van der Waals surface area contributed by atoms with Gasteiger partial charge in [-0.2, -0.15) is 0 Å². The van der Waals surface area contributed by atoms with Gasteiger partial charge < -0.3 is 4.74 Å². The van der Waals surface area contributed by atoms with Gasteiger partial charge in [0.2, 0.25) is 0 Å². The van der Waals surface area contributed by atoms with E-state index in [0.29, 0.717) is 5.57 Å². The van der Waals surface area contributed by atoms with E-state index < -0.39 is 17.2 Å². The van der Waals surface area contributed by atoms with E-state index in [1.165, 1.54) is 0 Å². The van der Waals surface area contributed by atoms with Gasteiger partial charge in [-0.25, -0.2) is 0 Å². The van der Waals surface area contributed by atoms with Crippen LogP contribution in [0, 0.1) is 10.1 Å². The number of hydrogen-bond acceptors (Lipinski definition) is 3. The van der Waals surface area contributed by atoms with Gasteiger partial charge in [0.15, 0.2) is 6.10 Å². The smallest absolute Gasteiger partial charge is 0.272 e. The lowest BCUT2D eigenvalue weighted by molar-refractivity contribution is -0.561. The summed E-state index contributed by atoms with van der Waals surface area (Å²) in [5, 5.41) is 11.5. The van der Waals surface area contributed by atoms with E-state index in [1.807, 2.05) is 44.2 Å². The lowest BCUT2D eigenvalue weighted by atomic mass is 9.81. The van der Waals surface area contributed by atoms with Crippen molar-refractivity contribution in [2.45, 2.75) is 38.0 Å². The fraction of sp³-hybridized carbons (Fsp3) is 0.429. The van der Waals surface area contributed by atoms with Crippen molar-refractivity contribution in [2.24, 2.45) is 0 Å². The number of rotatable bonds is 2. The Bertz CT molecular complexity index is 495. The van der Waals surface area contributed by atoms with E-state index in [1.54, 1.807) is 6.92 Å². The highest BCUT2D eigenvalue weighted by molar-refractivity contribution is 5.34. The maximum Gasteiger partial charge on any atom is 0.272 e. The molecule has 1 aromatic rings. The van der Waals surface area contributed by atoms with Crippen LogP contribution in [0.2, 0.25) is 0 Å². The Balaban J connectivity index is 2.54. The van der Waals surface area contributed by atoms with Crippen LogP contribution < -0.4 is 0 Å². The second kappa shape index (κ2) is 3.92. The van der Waals surface area contributed by atoms with E-state index in [4.69, 9.17) is 4.74 Å². The summed E-state index contributed by atoms with van der Waals surface area (Å²) in [5.74, 6) is 0. The van der Waals surface area contributed by atoms with E-state index in [9.17, 15) is 10.1 Å². The Kier molecular flexibility index (Phi) is 2.78. The molecule has 0 aromatic heterocycles. The van der Waals surface area contributed by atoms with Gasteiger partial charge >= 0.3 is 0 Å². The zero-order valence-electron chi connectivity index (χ0n) is 10.8. The molecule has 18 heavy (non-hydrogen) atoms. The molecule has 0 spiro atoms. The molecule has 0 radical (unpaired) electrons. The van der Waals surface area contributed by atoms with Crippen LogP contribution in [0.1, 0.15) is 32.4 Å². The van der Waals surface area contributed by atoms with E-state index in [2.05, 4.69) is 6.58 Å². The molecule has 4 nitrogen and oxygen atoms in total. The van der Waals surface area contributed by atoms with Crippen LogP contribution in [-0.4, -0.2) is 16.1 Å². The van der Waals surface area contributed by atoms with Gasteiger partial charge in [-0.1, -0.05) is 36.9 Å². The standard InChI is InChI=1S/C14H17NO3/c1-10-13(2,3)18-12(14(10,4)15(16)17)11-8-6-5-7-9-11/h5-9,12H,1H2,2-4H3. The minimum Gasteiger partial charge on any atom is -0.355 e. The second-order valence-electron chi connectivity index (χ2n) is 5.30. The average molecular weight is 247 g/mol. The summed E-state index contributed by atoms with van der Waals surface area (Å²) in [6.07, 6.45) is -0.601. The minimum absolute atomic E-state index is 0.290. The number of nitro groups is 1. The lowest BCUT2D eigenvalue weighted by Crippen LogP contribution is -2.40. The first-order valence-electron chi connectivity index (χ1n) is 5.87. The molecule has 0 amide bonds. The van der Waals surface area contributed by atoms with Crippen molar-refractivity contribution in [3.05, 3.63) is 58.2 Å². The molecule has 0 aliphatic carbocycles.